The number of aryl methyl sites for hydroxylation is 1. The highest BCUT2D eigenvalue weighted by Gasteiger charge is 2.23. The molecule has 4 heteroatoms. The van der Waals surface area contributed by atoms with Crippen molar-refractivity contribution in [1.29, 1.82) is 0 Å². The zero-order valence-corrected chi connectivity index (χ0v) is 16.7. The molecule has 0 radical (unpaired) electrons. The lowest BCUT2D eigenvalue weighted by molar-refractivity contribution is 0.576. The molecule has 30 heavy (non-hydrogen) atoms. The van der Waals surface area contributed by atoms with Crippen molar-refractivity contribution in [2.45, 2.75) is 39.0 Å². The summed E-state index contributed by atoms with van der Waals surface area (Å²) in [6.45, 7) is 2.09. The standard InChI is InChI=1S/C26H22F4/c1-2-3-4-16-5-11-21(23(28)13-16)18-8-12-22-19(14-18)15-24(29)25(26(22)30)17-6-9-20(27)10-7-17/h5-7,9-11,13-15H,2-4,8,12H2,1H3. The average molecular weight is 410 g/mol. The molecule has 1 aliphatic rings. The molecule has 1 aliphatic carbocycles. The summed E-state index contributed by atoms with van der Waals surface area (Å²) < 4.78 is 57.8. The van der Waals surface area contributed by atoms with Crippen LogP contribution in [0.3, 0.4) is 0 Å². The van der Waals surface area contributed by atoms with Crippen molar-refractivity contribution < 1.29 is 17.6 Å². The molecule has 3 aromatic carbocycles. The second-order valence-electron chi connectivity index (χ2n) is 7.71. The number of hydrogen-bond donors (Lipinski definition) is 0. The Kier molecular flexibility index (Phi) is 5.76. The molecule has 0 unspecified atom stereocenters. The first-order valence-corrected chi connectivity index (χ1v) is 10.2. The molecule has 0 saturated carbocycles. The highest BCUT2D eigenvalue weighted by atomic mass is 19.1. The third-order valence-corrected chi connectivity index (χ3v) is 5.66. The van der Waals surface area contributed by atoms with E-state index in [-0.39, 0.29) is 16.9 Å². The van der Waals surface area contributed by atoms with Crippen molar-refractivity contribution >= 4 is 11.6 Å². The minimum absolute atomic E-state index is 0.156. The van der Waals surface area contributed by atoms with E-state index in [0.717, 1.165) is 30.4 Å². The van der Waals surface area contributed by atoms with Crippen LogP contribution in [0.1, 0.15) is 48.4 Å². The van der Waals surface area contributed by atoms with Gasteiger partial charge in [0.25, 0.3) is 0 Å². The summed E-state index contributed by atoms with van der Waals surface area (Å²) in [5.41, 5.74) is 3.12. The monoisotopic (exact) mass is 410 g/mol. The first kappa shape index (κ1) is 20.4. The summed E-state index contributed by atoms with van der Waals surface area (Å²) in [5.74, 6) is -2.12. The van der Waals surface area contributed by atoms with E-state index in [0.29, 0.717) is 29.5 Å². The highest BCUT2D eigenvalue weighted by molar-refractivity contribution is 5.86. The lowest BCUT2D eigenvalue weighted by Gasteiger charge is -2.20. The van der Waals surface area contributed by atoms with E-state index >= 15 is 4.39 Å². The summed E-state index contributed by atoms with van der Waals surface area (Å²) in [7, 11) is 0. The molecule has 0 N–H and O–H groups in total. The zero-order chi connectivity index (χ0) is 21.3. The smallest absolute Gasteiger partial charge is 0.137 e. The Balaban J connectivity index is 1.71. The molecule has 0 nitrogen and oxygen atoms in total. The van der Waals surface area contributed by atoms with E-state index in [1.165, 1.54) is 30.3 Å². The first-order valence-electron chi connectivity index (χ1n) is 10.2. The van der Waals surface area contributed by atoms with Crippen molar-refractivity contribution in [1.82, 2.24) is 0 Å². The Labute approximate surface area is 173 Å². The highest BCUT2D eigenvalue weighted by Crippen LogP contribution is 2.37. The van der Waals surface area contributed by atoms with Crippen LogP contribution >= 0.6 is 0 Å². The maximum Gasteiger partial charge on any atom is 0.137 e. The van der Waals surface area contributed by atoms with Crippen molar-refractivity contribution in [3.05, 3.63) is 94.1 Å². The number of halogens is 4. The fourth-order valence-corrected chi connectivity index (χ4v) is 4.03. The van der Waals surface area contributed by atoms with Crippen LogP contribution in [0.5, 0.6) is 0 Å². The van der Waals surface area contributed by atoms with Crippen LogP contribution in [0, 0.1) is 23.3 Å². The minimum atomic E-state index is -0.717. The van der Waals surface area contributed by atoms with Crippen LogP contribution in [-0.2, 0) is 12.8 Å². The van der Waals surface area contributed by atoms with E-state index < -0.39 is 17.5 Å². The summed E-state index contributed by atoms with van der Waals surface area (Å²) in [6.07, 6.45) is 5.36. The van der Waals surface area contributed by atoms with Gasteiger partial charge in [0, 0.05) is 5.56 Å². The number of unbranched alkanes of at least 4 members (excludes halogenated alkanes) is 1. The summed E-state index contributed by atoms with van der Waals surface area (Å²) in [5, 5.41) is 0. The third-order valence-electron chi connectivity index (χ3n) is 5.66. The van der Waals surface area contributed by atoms with Crippen LogP contribution < -0.4 is 0 Å². The molecular weight excluding hydrogens is 388 g/mol. The van der Waals surface area contributed by atoms with Crippen molar-refractivity contribution in [2.24, 2.45) is 0 Å². The van der Waals surface area contributed by atoms with Gasteiger partial charge in [0.15, 0.2) is 0 Å². The SMILES string of the molecule is CCCCc1ccc(C2=Cc3cc(F)c(-c4ccc(F)cc4)c(F)c3CC2)c(F)c1. The molecule has 0 heterocycles. The summed E-state index contributed by atoms with van der Waals surface area (Å²) >= 11 is 0. The maximum atomic E-state index is 15.1. The van der Waals surface area contributed by atoms with Gasteiger partial charge in [-0.3, -0.25) is 0 Å². The first-order chi connectivity index (χ1) is 14.5. The Morgan fingerprint density at radius 2 is 1.60 bits per heavy atom. The zero-order valence-electron chi connectivity index (χ0n) is 16.7. The van der Waals surface area contributed by atoms with E-state index in [9.17, 15) is 13.2 Å². The Morgan fingerprint density at radius 1 is 0.833 bits per heavy atom. The lowest BCUT2D eigenvalue weighted by Crippen LogP contribution is -2.06. The van der Waals surface area contributed by atoms with E-state index in [2.05, 4.69) is 6.92 Å². The van der Waals surface area contributed by atoms with Crippen LogP contribution in [0.15, 0.2) is 48.5 Å². The number of fused-ring (bicyclic) bond motifs is 1. The van der Waals surface area contributed by atoms with Crippen molar-refractivity contribution in [3.63, 3.8) is 0 Å². The largest absolute Gasteiger partial charge is 0.207 e. The van der Waals surface area contributed by atoms with Crippen LogP contribution in [-0.4, -0.2) is 0 Å². The number of hydrogen-bond acceptors (Lipinski definition) is 0. The van der Waals surface area contributed by atoms with Gasteiger partial charge >= 0.3 is 0 Å². The van der Waals surface area contributed by atoms with Gasteiger partial charge in [0.2, 0.25) is 0 Å². The Morgan fingerprint density at radius 3 is 2.30 bits per heavy atom. The van der Waals surface area contributed by atoms with Gasteiger partial charge in [0.05, 0.1) is 5.56 Å². The summed E-state index contributed by atoms with van der Waals surface area (Å²) in [6, 6.07) is 11.6. The normalized spacial score (nSPS) is 13.2. The summed E-state index contributed by atoms with van der Waals surface area (Å²) in [4.78, 5) is 0. The van der Waals surface area contributed by atoms with E-state index in [4.69, 9.17) is 0 Å². The number of allylic oxidation sites excluding steroid dienone is 1. The number of benzene rings is 3. The molecule has 0 fully saturated rings. The molecule has 0 bridgehead atoms. The van der Waals surface area contributed by atoms with Gasteiger partial charge in [-0.1, -0.05) is 43.7 Å². The number of rotatable bonds is 5. The quantitative estimate of drug-likeness (QED) is 0.377. The Bertz CT molecular complexity index is 1110. The van der Waals surface area contributed by atoms with E-state index in [1.54, 1.807) is 18.2 Å². The minimum Gasteiger partial charge on any atom is -0.207 e. The van der Waals surface area contributed by atoms with Crippen LogP contribution in [0.2, 0.25) is 0 Å². The molecule has 4 rings (SSSR count). The van der Waals surface area contributed by atoms with Gasteiger partial charge in [-0.05, 0) is 77.8 Å². The van der Waals surface area contributed by atoms with Crippen LogP contribution in [0.25, 0.3) is 22.8 Å². The predicted molar refractivity (Wildman–Crippen MR) is 113 cm³/mol. The van der Waals surface area contributed by atoms with Gasteiger partial charge in [-0.2, -0.15) is 0 Å². The molecule has 0 atom stereocenters. The lowest BCUT2D eigenvalue weighted by atomic mass is 9.85. The predicted octanol–water partition coefficient (Wildman–Crippen LogP) is 7.74. The van der Waals surface area contributed by atoms with Gasteiger partial charge < -0.3 is 0 Å². The molecule has 154 valence electrons. The van der Waals surface area contributed by atoms with Gasteiger partial charge in [0.1, 0.15) is 23.3 Å². The topological polar surface area (TPSA) is 0 Å². The fourth-order valence-electron chi connectivity index (χ4n) is 4.03. The molecule has 0 saturated heterocycles. The fraction of sp³-hybridized carbons (Fsp3) is 0.231. The average Bonchev–Trinajstić information content (AvgIpc) is 2.73. The van der Waals surface area contributed by atoms with Gasteiger partial charge in [-0.25, -0.2) is 17.6 Å². The maximum absolute atomic E-state index is 15.1. The van der Waals surface area contributed by atoms with Crippen molar-refractivity contribution in [2.75, 3.05) is 0 Å². The van der Waals surface area contributed by atoms with E-state index in [1.807, 2.05) is 6.07 Å². The molecule has 0 spiro atoms. The van der Waals surface area contributed by atoms with Gasteiger partial charge in [-0.15, -0.1) is 0 Å². The molecule has 3 aromatic rings. The second kappa shape index (κ2) is 8.47. The second-order valence-corrected chi connectivity index (χ2v) is 7.71. The molecule has 0 amide bonds. The molecular formula is C26H22F4. The third kappa shape index (κ3) is 3.91. The van der Waals surface area contributed by atoms with Crippen molar-refractivity contribution in [3.8, 4) is 11.1 Å². The molecule has 0 aliphatic heterocycles. The molecule has 0 aromatic heterocycles. The van der Waals surface area contributed by atoms with Crippen LogP contribution in [0.4, 0.5) is 17.6 Å². The Hall–Kier alpha value is -2.88.